The minimum atomic E-state index is -2.38. The van der Waals surface area contributed by atoms with Crippen LogP contribution in [-0.2, 0) is 9.09 Å². The van der Waals surface area contributed by atoms with Gasteiger partial charge in [0.2, 0.25) is 0 Å². The molecule has 0 aliphatic rings. The molecule has 1 atom stereocenters. The molecule has 0 bridgehead atoms. The van der Waals surface area contributed by atoms with Gasteiger partial charge in [0.25, 0.3) is 0 Å². The molecule has 1 rings (SSSR count). The van der Waals surface area contributed by atoms with E-state index in [1.54, 1.807) is 18.2 Å². The fraction of sp³-hybridized carbons (Fsp3) is 0.111. The van der Waals surface area contributed by atoms with Crippen LogP contribution in [0.5, 0.6) is 5.75 Å². The van der Waals surface area contributed by atoms with E-state index in [2.05, 4.69) is 11.1 Å². The van der Waals surface area contributed by atoms with Crippen molar-refractivity contribution in [3.63, 3.8) is 0 Å². The van der Waals surface area contributed by atoms with Gasteiger partial charge in [0.05, 0.1) is 0 Å². The summed E-state index contributed by atoms with van der Waals surface area (Å²) in [4.78, 5) is 0. The summed E-state index contributed by atoms with van der Waals surface area (Å²) in [6.45, 7) is 3.62. The van der Waals surface area contributed by atoms with Gasteiger partial charge in [0, 0.05) is 7.11 Å². The molecule has 0 heterocycles. The van der Waals surface area contributed by atoms with Crippen molar-refractivity contribution in [2.75, 3.05) is 7.11 Å². The van der Waals surface area contributed by atoms with Crippen LogP contribution in [0.2, 0.25) is 0 Å². The molecule has 4 heteroatoms. The van der Waals surface area contributed by atoms with Crippen molar-refractivity contribution >= 4 is 14.3 Å². The Balaban J connectivity index is 2.69. The predicted molar refractivity (Wildman–Crippen MR) is 53.2 cm³/mol. The third-order valence-electron chi connectivity index (χ3n) is 1.48. The summed E-state index contributed by atoms with van der Waals surface area (Å²) in [5.74, 6) is 0.538. The molecular weight excluding hydrogens is 187 g/mol. The van der Waals surface area contributed by atoms with Gasteiger partial charge in [-0.25, -0.2) is 4.57 Å². The Bertz CT molecular complexity index is 305. The minimum Gasteiger partial charge on any atom is -0.426 e. The Morgan fingerprint density at radius 1 is 1.38 bits per heavy atom. The first-order valence-corrected chi connectivity index (χ1v) is 4.97. The van der Waals surface area contributed by atoms with E-state index in [9.17, 15) is 4.57 Å². The zero-order valence-corrected chi connectivity index (χ0v) is 8.32. The lowest BCUT2D eigenvalue weighted by molar-refractivity contribution is 0.349. The molecule has 0 radical (unpaired) electrons. The summed E-state index contributed by atoms with van der Waals surface area (Å²) in [7, 11) is -1.03. The number of hydrogen-bond donors (Lipinski definition) is 0. The molecule has 13 heavy (non-hydrogen) atoms. The Labute approximate surface area is 77.9 Å². The molecule has 1 aromatic carbocycles. The largest absolute Gasteiger partial charge is 0.426 e. The van der Waals surface area contributed by atoms with Crippen molar-refractivity contribution in [1.29, 1.82) is 0 Å². The number of benzene rings is 1. The second kappa shape index (κ2) is 4.85. The van der Waals surface area contributed by atoms with Crippen molar-refractivity contribution in [2.24, 2.45) is 0 Å². The van der Waals surface area contributed by atoms with Gasteiger partial charge in [-0.3, -0.25) is 0 Å². The van der Waals surface area contributed by atoms with Gasteiger partial charge < -0.3 is 9.05 Å². The predicted octanol–water partition coefficient (Wildman–Crippen LogP) is 2.74. The first kappa shape index (κ1) is 10.0. The first-order chi connectivity index (χ1) is 6.26. The third-order valence-corrected chi connectivity index (χ3v) is 2.22. The van der Waals surface area contributed by atoms with Crippen molar-refractivity contribution in [3.05, 3.63) is 36.4 Å². The van der Waals surface area contributed by atoms with Gasteiger partial charge in [0.1, 0.15) is 5.75 Å². The van der Waals surface area contributed by atoms with Crippen molar-refractivity contribution in [2.45, 2.75) is 0 Å². The average Bonchev–Trinajstić information content (AvgIpc) is 2.19. The Morgan fingerprint density at radius 3 is 2.46 bits per heavy atom. The molecule has 0 fully saturated rings. The normalized spacial score (nSPS) is 12.1. The molecular formula is C9H11O3P. The summed E-state index contributed by atoms with van der Waals surface area (Å²) >= 11 is 0. The zero-order chi connectivity index (χ0) is 9.68. The monoisotopic (exact) mass is 198 g/mol. The lowest BCUT2D eigenvalue weighted by atomic mass is 10.2. The first-order valence-electron chi connectivity index (χ1n) is 3.74. The summed E-state index contributed by atoms with van der Waals surface area (Å²) in [6, 6.07) is 7.09. The molecule has 1 unspecified atom stereocenters. The Kier molecular flexibility index (Phi) is 3.74. The van der Waals surface area contributed by atoms with Crippen LogP contribution in [0.1, 0.15) is 5.56 Å². The van der Waals surface area contributed by atoms with Crippen LogP contribution in [0.25, 0.3) is 6.08 Å². The van der Waals surface area contributed by atoms with E-state index in [1.807, 2.05) is 12.1 Å². The quantitative estimate of drug-likeness (QED) is 0.698. The minimum absolute atomic E-state index is 0.538. The van der Waals surface area contributed by atoms with Crippen LogP contribution in [0.15, 0.2) is 30.8 Å². The van der Waals surface area contributed by atoms with Crippen LogP contribution in [-0.4, -0.2) is 7.11 Å². The van der Waals surface area contributed by atoms with E-state index in [0.29, 0.717) is 5.75 Å². The van der Waals surface area contributed by atoms with Gasteiger partial charge >= 0.3 is 8.25 Å². The summed E-state index contributed by atoms with van der Waals surface area (Å²) in [5, 5.41) is 0. The maximum Gasteiger partial charge on any atom is 0.367 e. The van der Waals surface area contributed by atoms with Crippen LogP contribution >= 0.6 is 8.25 Å². The fourth-order valence-electron chi connectivity index (χ4n) is 0.810. The Hall–Kier alpha value is -1.05. The van der Waals surface area contributed by atoms with Crippen LogP contribution in [0, 0.1) is 0 Å². The van der Waals surface area contributed by atoms with Gasteiger partial charge in [-0.2, -0.15) is 0 Å². The molecule has 0 saturated carbocycles. The second-order valence-corrected chi connectivity index (χ2v) is 3.44. The Morgan fingerprint density at radius 2 is 2.00 bits per heavy atom. The molecule has 70 valence electrons. The van der Waals surface area contributed by atoms with Crippen LogP contribution < -0.4 is 4.52 Å². The maximum absolute atomic E-state index is 10.9. The topological polar surface area (TPSA) is 35.5 Å². The lowest BCUT2D eigenvalue weighted by Crippen LogP contribution is -1.82. The second-order valence-electron chi connectivity index (χ2n) is 2.33. The number of hydrogen-bond acceptors (Lipinski definition) is 3. The van der Waals surface area contributed by atoms with Crippen LogP contribution in [0.3, 0.4) is 0 Å². The summed E-state index contributed by atoms with van der Waals surface area (Å²) in [5.41, 5.74) is 0.990. The highest BCUT2D eigenvalue weighted by Gasteiger charge is 1.97. The lowest BCUT2D eigenvalue weighted by Gasteiger charge is -2.03. The van der Waals surface area contributed by atoms with Crippen molar-refractivity contribution < 1.29 is 13.6 Å². The third kappa shape index (κ3) is 3.05. The highest BCUT2D eigenvalue weighted by atomic mass is 31.1. The number of rotatable bonds is 4. The smallest absolute Gasteiger partial charge is 0.367 e. The van der Waals surface area contributed by atoms with Crippen molar-refractivity contribution in [3.8, 4) is 5.75 Å². The van der Waals surface area contributed by atoms with Gasteiger partial charge in [-0.15, -0.1) is 0 Å². The van der Waals surface area contributed by atoms with E-state index in [1.165, 1.54) is 7.11 Å². The standard InChI is InChI=1S/C9H11O3P/c1-3-8-4-6-9(7-5-8)12-13(10)11-2/h3-7,13H,1H2,2H3. The zero-order valence-electron chi connectivity index (χ0n) is 7.32. The molecule has 0 amide bonds. The van der Waals surface area contributed by atoms with E-state index in [0.717, 1.165) is 5.56 Å². The molecule has 0 aromatic heterocycles. The maximum atomic E-state index is 10.9. The molecule has 0 spiro atoms. The molecule has 3 nitrogen and oxygen atoms in total. The van der Waals surface area contributed by atoms with Gasteiger partial charge in [-0.05, 0) is 17.7 Å². The van der Waals surface area contributed by atoms with Gasteiger partial charge in [0.15, 0.2) is 0 Å². The average molecular weight is 198 g/mol. The molecule has 1 aromatic rings. The highest BCUT2D eigenvalue weighted by molar-refractivity contribution is 7.33. The van der Waals surface area contributed by atoms with Crippen LogP contribution in [0.4, 0.5) is 0 Å². The fourth-order valence-corrected chi connectivity index (χ4v) is 1.22. The van der Waals surface area contributed by atoms with Gasteiger partial charge in [-0.1, -0.05) is 24.8 Å². The van der Waals surface area contributed by atoms with E-state index in [4.69, 9.17) is 4.52 Å². The summed E-state index contributed by atoms with van der Waals surface area (Å²) in [6.07, 6.45) is 1.73. The van der Waals surface area contributed by atoms with E-state index < -0.39 is 8.25 Å². The molecule has 0 N–H and O–H groups in total. The molecule has 0 saturated heterocycles. The van der Waals surface area contributed by atoms with E-state index in [-0.39, 0.29) is 0 Å². The molecule has 0 aliphatic carbocycles. The molecule has 0 aliphatic heterocycles. The van der Waals surface area contributed by atoms with E-state index >= 15 is 0 Å². The summed E-state index contributed by atoms with van der Waals surface area (Å²) < 4.78 is 20.3. The highest BCUT2D eigenvalue weighted by Crippen LogP contribution is 2.26. The van der Waals surface area contributed by atoms with Crippen molar-refractivity contribution in [1.82, 2.24) is 0 Å². The SMILES string of the molecule is C=Cc1ccc(O[PH](=O)OC)cc1.